The van der Waals surface area contributed by atoms with E-state index in [9.17, 15) is 9.59 Å². The van der Waals surface area contributed by atoms with Crippen LogP contribution in [0.1, 0.15) is 6.92 Å². The Balaban J connectivity index is 2.11. The van der Waals surface area contributed by atoms with E-state index >= 15 is 0 Å². The van der Waals surface area contributed by atoms with Gasteiger partial charge in [0.1, 0.15) is 11.2 Å². The van der Waals surface area contributed by atoms with Gasteiger partial charge in [0.25, 0.3) is 5.56 Å². The third-order valence-corrected chi connectivity index (χ3v) is 3.47. The van der Waals surface area contributed by atoms with Gasteiger partial charge in [-0.05, 0) is 18.4 Å². The first-order valence-electron chi connectivity index (χ1n) is 5.82. The van der Waals surface area contributed by atoms with Crippen molar-refractivity contribution in [3.8, 4) is 0 Å². The van der Waals surface area contributed by atoms with E-state index in [1.54, 1.807) is 13.2 Å². The molecular formula is C12H15N3O3S. The summed E-state index contributed by atoms with van der Waals surface area (Å²) in [5.41, 5.74) is 0.481. The zero-order valence-electron chi connectivity index (χ0n) is 10.8. The second-order valence-electron chi connectivity index (χ2n) is 4.24. The fourth-order valence-electron chi connectivity index (χ4n) is 1.76. The fourth-order valence-corrected chi connectivity index (χ4v) is 2.55. The Kier molecular flexibility index (Phi) is 4.28. The quantitative estimate of drug-likeness (QED) is 0.871. The number of carbonyl (C=O) groups excluding carboxylic acids is 1. The molecule has 0 radical (unpaired) electrons. The molecule has 0 aromatic carbocycles. The van der Waals surface area contributed by atoms with Gasteiger partial charge in [-0.1, -0.05) is 0 Å². The van der Waals surface area contributed by atoms with Crippen LogP contribution in [0.4, 0.5) is 0 Å². The zero-order chi connectivity index (χ0) is 13.8. The Morgan fingerprint density at radius 3 is 3.16 bits per heavy atom. The van der Waals surface area contributed by atoms with Crippen LogP contribution in [-0.2, 0) is 16.1 Å². The third kappa shape index (κ3) is 3.18. The van der Waals surface area contributed by atoms with Crippen LogP contribution in [0.15, 0.2) is 22.6 Å². The van der Waals surface area contributed by atoms with Gasteiger partial charge in [0, 0.05) is 13.2 Å². The molecule has 1 N–H and O–H groups in total. The highest BCUT2D eigenvalue weighted by molar-refractivity contribution is 7.17. The largest absolute Gasteiger partial charge is 0.383 e. The van der Waals surface area contributed by atoms with Crippen molar-refractivity contribution in [2.75, 3.05) is 13.7 Å². The van der Waals surface area contributed by atoms with Gasteiger partial charge in [-0.25, -0.2) is 4.98 Å². The number of methoxy groups -OCH3 is 1. The first kappa shape index (κ1) is 13.7. The van der Waals surface area contributed by atoms with Gasteiger partial charge >= 0.3 is 0 Å². The average Bonchev–Trinajstić information content (AvgIpc) is 2.82. The summed E-state index contributed by atoms with van der Waals surface area (Å²) in [6, 6.07) is 1.69. The van der Waals surface area contributed by atoms with E-state index in [1.165, 1.54) is 22.2 Å². The molecule has 0 bridgehead atoms. The molecule has 0 aliphatic heterocycles. The molecule has 0 spiro atoms. The molecule has 2 aromatic rings. The van der Waals surface area contributed by atoms with E-state index in [0.717, 1.165) is 0 Å². The Morgan fingerprint density at radius 1 is 1.63 bits per heavy atom. The molecule has 1 amide bonds. The molecule has 2 rings (SSSR count). The molecule has 0 aliphatic rings. The predicted molar refractivity (Wildman–Crippen MR) is 73.4 cm³/mol. The first-order valence-corrected chi connectivity index (χ1v) is 6.70. The summed E-state index contributed by atoms with van der Waals surface area (Å²) in [5.74, 6) is -0.232. The standard InChI is InChI=1S/C12H15N3O3S/c1-8(6-18-2)14-10(16)5-15-7-13-9-3-4-19-11(9)12(15)17/h3-4,7-8H,5-6H2,1-2H3,(H,14,16). The molecule has 7 heteroatoms. The fraction of sp³-hybridized carbons (Fsp3) is 0.417. The number of amides is 1. The minimum absolute atomic E-state index is 0.0340. The summed E-state index contributed by atoms with van der Waals surface area (Å²) < 4.78 is 6.81. The molecule has 0 saturated carbocycles. The lowest BCUT2D eigenvalue weighted by Gasteiger charge is -2.13. The molecule has 2 aromatic heterocycles. The number of carbonyl (C=O) groups is 1. The molecule has 0 aliphatic carbocycles. The van der Waals surface area contributed by atoms with Crippen LogP contribution < -0.4 is 10.9 Å². The molecular weight excluding hydrogens is 266 g/mol. The van der Waals surface area contributed by atoms with Crippen molar-refractivity contribution < 1.29 is 9.53 Å². The van der Waals surface area contributed by atoms with E-state index in [2.05, 4.69) is 10.3 Å². The molecule has 102 valence electrons. The second kappa shape index (κ2) is 5.94. The maximum absolute atomic E-state index is 12.1. The minimum atomic E-state index is -0.232. The lowest BCUT2D eigenvalue weighted by Crippen LogP contribution is -2.39. The third-order valence-electron chi connectivity index (χ3n) is 2.57. The van der Waals surface area contributed by atoms with Gasteiger partial charge in [-0.15, -0.1) is 11.3 Å². The monoisotopic (exact) mass is 281 g/mol. The smallest absolute Gasteiger partial charge is 0.271 e. The van der Waals surface area contributed by atoms with Crippen molar-refractivity contribution in [2.45, 2.75) is 19.5 Å². The van der Waals surface area contributed by atoms with Gasteiger partial charge in [0.15, 0.2) is 0 Å². The topological polar surface area (TPSA) is 73.2 Å². The van der Waals surface area contributed by atoms with Crippen LogP contribution in [0.3, 0.4) is 0 Å². The highest BCUT2D eigenvalue weighted by Gasteiger charge is 2.11. The molecule has 1 unspecified atom stereocenters. The number of hydrogen-bond acceptors (Lipinski definition) is 5. The Labute approximate surface area is 114 Å². The normalized spacial score (nSPS) is 12.5. The number of aromatic nitrogens is 2. The number of ether oxygens (including phenoxy) is 1. The summed E-state index contributed by atoms with van der Waals surface area (Å²) in [4.78, 5) is 28.0. The summed E-state index contributed by atoms with van der Waals surface area (Å²) in [7, 11) is 1.57. The predicted octanol–water partition coefficient (Wildman–Crippen LogP) is 0.609. The van der Waals surface area contributed by atoms with Crippen molar-refractivity contribution in [3.05, 3.63) is 28.1 Å². The average molecular weight is 281 g/mol. The van der Waals surface area contributed by atoms with Gasteiger partial charge in [0.2, 0.25) is 5.91 Å². The lowest BCUT2D eigenvalue weighted by atomic mass is 10.3. The van der Waals surface area contributed by atoms with E-state index in [4.69, 9.17) is 4.74 Å². The van der Waals surface area contributed by atoms with Crippen molar-refractivity contribution >= 4 is 27.5 Å². The Morgan fingerprint density at radius 2 is 2.42 bits per heavy atom. The summed E-state index contributed by atoms with van der Waals surface area (Å²) in [6.45, 7) is 2.24. The second-order valence-corrected chi connectivity index (χ2v) is 5.15. The molecule has 1 atom stereocenters. The zero-order valence-corrected chi connectivity index (χ0v) is 11.6. The van der Waals surface area contributed by atoms with Crippen LogP contribution in [-0.4, -0.2) is 35.2 Å². The summed E-state index contributed by atoms with van der Waals surface area (Å²) in [5, 5.41) is 4.56. The number of nitrogens with zero attached hydrogens (tertiary/aromatic N) is 2. The number of fused-ring (bicyclic) bond motifs is 1. The number of thiophene rings is 1. The van der Waals surface area contributed by atoms with E-state index in [-0.39, 0.29) is 24.1 Å². The first-order chi connectivity index (χ1) is 9.11. The van der Waals surface area contributed by atoms with Crippen LogP contribution >= 0.6 is 11.3 Å². The van der Waals surface area contributed by atoms with Crippen molar-refractivity contribution in [3.63, 3.8) is 0 Å². The van der Waals surface area contributed by atoms with Crippen LogP contribution in [0, 0.1) is 0 Å². The van der Waals surface area contributed by atoms with Crippen LogP contribution in [0.25, 0.3) is 10.2 Å². The van der Waals surface area contributed by atoms with Gasteiger partial charge < -0.3 is 10.1 Å². The van der Waals surface area contributed by atoms with Crippen LogP contribution in [0.5, 0.6) is 0 Å². The van der Waals surface area contributed by atoms with Crippen molar-refractivity contribution in [2.24, 2.45) is 0 Å². The van der Waals surface area contributed by atoms with Crippen molar-refractivity contribution in [1.82, 2.24) is 14.9 Å². The molecule has 19 heavy (non-hydrogen) atoms. The molecule has 2 heterocycles. The van der Waals surface area contributed by atoms with Gasteiger partial charge in [-0.3, -0.25) is 14.2 Å². The maximum Gasteiger partial charge on any atom is 0.271 e. The van der Waals surface area contributed by atoms with Gasteiger partial charge in [0.05, 0.1) is 18.5 Å². The van der Waals surface area contributed by atoms with Gasteiger partial charge in [-0.2, -0.15) is 0 Å². The molecule has 0 fully saturated rings. The van der Waals surface area contributed by atoms with E-state index < -0.39 is 0 Å². The van der Waals surface area contributed by atoms with Crippen LogP contribution in [0.2, 0.25) is 0 Å². The summed E-state index contributed by atoms with van der Waals surface area (Å²) >= 11 is 1.33. The molecule has 0 saturated heterocycles. The lowest BCUT2D eigenvalue weighted by molar-refractivity contribution is -0.122. The Hall–Kier alpha value is -1.73. The number of rotatable bonds is 5. The SMILES string of the molecule is COCC(C)NC(=O)Cn1cnc2ccsc2c1=O. The Bertz CT molecular complexity index is 634. The minimum Gasteiger partial charge on any atom is -0.383 e. The highest BCUT2D eigenvalue weighted by Crippen LogP contribution is 2.12. The van der Waals surface area contributed by atoms with Crippen molar-refractivity contribution in [1.29, 1.82) is 0 Å². The maximum atomic E-state index is 12.1. The van der Waals surface area contributed by atoms with E-state index in [0.29, 0.717) is 16.8 Å². The molecule has 6 nitrogen and oxygen atoms in total. The number of nitrogens with one attached hydrogen (secondary N) is 1. The highest BCUT2D eigenvalue weighted by atomic mass is 32.1. The summed E-state index contributed by atoms with van der Waals surface area (Å²) in [6.07, 6.45) is 1.40. The van der Waals surface area contributed by atoms with E-state index in [1.807, 2.05) is 12.3 Å². The number of hydrogen-bond donors (Lipinski definition) is 1.